The molecule has 4 nitrogen and oxygen atoms in total. The Balaban J connectivity index is 2.78. The number of benzene rings is 1. The number of aromatic nitrogens is 2. The summed E-state index contributed by atoms with van der Waals surface area (Å²) in [7, 11) is 0. The fourth-order valence-corrected chi connectivity index (χ4v) is 1.49. The summed E-state index contributed by atoms with van der Waals surface area (Å²) < 4.78 is 1.25. The van der Waals surface area contributed by atoms with Crippen molar-refractivity contribution < 1.29 is 0 Å². The van der Waals surface area contributed by atoms with E-state index in [1.54, 1.807) is 18.2 Å². The van der Waals surface area contributed by atoms with Gasteiger partial charge in [-0.3, -0.25) is 9.36 Å². The summed E-state index contributed by atoms with van der Waals surface area (Å²) >= 11 is 5.78. The molecule has 0 aliphatic heterocycles. The first kappa shape index (κ1) is 9.69. The van der Waals surface area contributed by atoms with E-state index in [1.807, 2.05) is 6.07 Å². The van der Waals surface area contributed by atoms with Crippen molar-refractivity contribution in [3.8, 4) is 6.07 Å². The molecule has 0 aliphatic carbocycles. The number of hydrogen-bond donors (Lipinski definition) is 0. The van der Waals surface area contributed by atoms with E-state index in [0.29, 0.717) is 15.9 Å². The summed E-state index contributed by atoms with van der Waals surface area (Å²) in [4.78, 5) is 15.8. The van der Waals surface area contributed by atoms with Gasteiger partial charge in [0, 0.05) is 5.02 Å². The second-order valence-corrected chi connectivity index (χ2v) is 3.43. The third kappa shape index (κ3) is 1.69. The lowest BCUT2D eigenvalue weighted by Gasteiger charge is -2.01. The smallest absolute Gasteiger partial charge is 0.262 e. The summed E-state index contributed by atoms with van der Waals surface area (Å²) in [5.74, 6) is 0. The maximum atomic E-state index is 11.8. The van der Waals surface area contributed by atoms with Crippen LogP contribution in [-0.2, 0) is 6.54 Å². The molecule has 5 heteroatoms. The molecular weight excluding hydrogens is 214 g/mol. The minimum Gasteiger partial charge on any atom is -0.285 e. The Bertz CT molecular complexity index is 612. The predicted molar refractivity (Wildman–Crippen MR) is 56.6 cm³/mol. The van der Waals surface area contributed by atoms with Crippen LogP contribution in [0.15, 0.2) is 29.3 Å². The maximum Gasteiger partial charge on any atom is 0.262 e. The van der Waals surface area contributed by atoms with E-state index in [9.17, 15) is 4.79 Å². The van der Waals surface area contributed by atoms with Gasteiger partial charge in [0.1, 0.15) is 6.54 Å². The van der Waals surface area contributed by atoms with Crippen LogP contribution < -0.4 is 5.56 Å². The van der Waals surface area contributed by atoms with Crippen molar-refractivity contribution in [1.82, 2.24) is 9.55 Å². The van der Waals surface area contributed by atoms with Crippen LogP contribution in [-0.4, -0.2) is 9.55 Å². The molecule has 74 valence electrons. The van der Waals surface area contributed by atoms with Crippen LogP contribution in [0.2, 0.25) is 5.02 Å². The van der Waals surface area contributed by atoms with Gasteiger partial charge in [-0.2, -0.15) is 5.26 Å². The van der Waals surface area contributed by atoms with E-state index in [-0.39, 0.29) is 12.1 Å². The van der Waals surface area contributed by atoms with E-state index < -0.39 is 0 Å². The fraction of sp³-hybridized carbons (Fsp3) is 0.100. The number of rotatable bonds is 1. The number of nitrogens with zero attached hydrogens (tertiary/aromatic N) is 3. The van der Waals surface area contributed by atoms with Crippen molar-refractivity contribution in [1.29, 1.82) is 5.26 Å². The second-order valence-electron chi connectivity index (χ2n) is 3.00. The highest BCUT2D eigenvalue weighted by Crippen LogP contribution is 2.13. The normalized spacial score (nSPS) is 10.1. The summed E-state index contributed by atoms with van der Waals surface area (Å²) in [5.41, 5.74) is 0.336. The van der Waals surface area contributed by atoms with E-state index in [2.05, 4.69) is 4.98 Å². The van der Waals surface area contributed by atoms with Gasteiger partial charge in [0.25, 0.3) is 5.56 Å². The Labute approximate surface area is 90.3 Å². The number of halogens is 1. The molecule has 1 aromatic carbocycles. The molecule has 15 heavy (non-hydrogen) atoms. The monoisotopic (exact) mass is 219 g/mol. The van der Waals surface area contributed by atoms with Gasteiger partial charge in [0.2, 0.25) is 0 Å². The highest BCUT2D eigenvalue weighted by Gasteiger charge is 2.03. The van der Waals surface area contributed by atoms with Crippen LogP contribution in [0.1, 0.15) is 0 Å². The third-order valence-electron chi connectivity index (χ3n) is 2.03. The van der Waals surface area contributed by atoms with Crippen LogP contribution in [0.5, 0.6) is 0 Å². The first-order valence-corrected chi connectivity index (χ1v) is 4.62. The Morgan fingerprint density at radius 2 is 2.33 bits per heavy atom. The summed E-state index contributed by atoms with van der Waals surface area (Å²) in [6.07, 6.45) is 1.36. The Morgan fingerprint density at radius 3 is 3.07 bits per heavy atom. The minimum absolute atomic E-state index is 0.00567. The van der Waals surface area contributed by atoms with Crippen LogP contribution in [0, 0.1) is 11.3 Å². The molecule has 1 aromatic heterocycles. The molecule has 0 bridgehead atoms. The largest absolute Gasteiger partial charge is 0.285 e. The molecular formula is C10H6ClN3O. The van der Waals surface area contributed by atoms with Crippen molar-refractivity contribution in [3.05, 3.63) is 39.9 Å². The van der Waals surface area contributed by atoms with Crippen LogP contribution >= 0.6 is 11.6 Å². The van der Waals surface area contributed by atoms with Gasteiger partial charge < -0.3 is 0 Å². The lowest BCUT2D eigenvalue weighted by molar-refractivity contribution is 0.775. The molecule has 1 heterocycles. The molecule has 0 spiro atoms. The molecule has 0 amide bonds. The standard InChI is InChI=1S/C10H6ClN3O/c11-7-1-2-9-8(5-7)10(15)14(4-3-12)6-13-9/h1-2,5-6H,4H2. The van der Waals surface area contributed by atoms with Crippen LogP contribution in [0.25, 0.3) is 10.9 Å². The van der Waals surface area contributed by atoms with Crippen molar-refractivity contribution in [2.24, 2.45) is 0 Å². The first-order valence-electron chi connectivity index (χ1n) is 4.24. The van der Waals surface area contributed by atoms with E-state index in [1.165, 1.54) is 10.9 Å². The average Bonchev–Trinajstić information content (AvgIpc) is 2.23. The van der Waals surface area contributed by atoms with Crippen molar-refractivity contribution >= 4 is 22.5 Å². The zero-order valence-electron chi connectivity index (χ0n) is 7.64. The number of nitriles is 1. The van der Waals surface area contributed by atoms with Gasteiger partial charge in [-0.1, -0.05) is 11.6 Å². The molecule has 2 aromatic rings. The summed E-state index contributed by atoms with van der Waals surface area (Å²) in [6.45, 7) is -0.00567. The van der Waals surface area contributed by atoms with Crippen molar-refractivity contribution in [3.63, 3.8) is 0 Å². The molecule has 0 unspecified atom stereocenters. The van der Waals surface area contributed by atoms with E-state index in [0.717, 1.165) is 0 Å². The molecule has 0 fully saturated rings. The van der Waals surface area contributed by atoms with Gasteiger partial charge in [0.15, 0.2) is 0 Å². The quantitative estimate of drug-likeness (QED) is 0.732. The highest BCUT2D eigenvalue weighted by atomic mass is 35.5. The first-order chi connectivity index (χ1) is 7.22. The second kappa shape index (κ2) is 3.71. The summed E-state index contributed by atoms with van der Waals surface area (Å²) in [6, 6.07) is 6.80. The zero-order valence-corrected chi connectivity index (χ0v) is 8.40. The zero-order chi connectivity index (χ0) is 10.8. The molecule has 0 N–H and O–H groups in total. The lowest BCUT2D eigenvalue weighted by Crippen LogP contribution is -2.19. The topological polar surface area (TPSA) is 58.7 Å². The highest BCUT2D eigenvalue weighted by molar-refractivity contribution is 6.31. The van der Waals surface area contributed by atoms with Crippen molar-refractivity contribution in [2.45, 2.75) is 6.54 Å². The maximum absolute atomic E-state index is 11.8. The molecule has 0 saturated carbocycles. The van der Waals surface area contributed by atoms with E-state index >= 15 is 0 Å². The third-order valence-corrected chi connectivity index (χ3v) is 2.26. The fourth-order valence-electron chi connectivity index (χ4n) is 1.32. The van der Waals surface area contributed by atoms with Crippen LogP contribution in [0.4, 0.5) is 0 Å². The number of hydrogen-bond acceptors (Lipinski definition) is 3. The molecule has 0 saturated heterocycles. The number of fused-ring (bicyclic) bond motifs is 1. The van der Waals surface area contributed by atoms with Crippen LogP contribution in [0.3, 0.4) is 0 Å². The average molecular weight is 220 g/mol. The van der Waals surface area contributed by atoms with E-state index in [4.69, 9.17) is 16.9 Å². The lowest BCUT2D eigenvalue weighted by atomic mass is 10.2. The Hall–Kier alpha value is -1.86. The molecule has 0 atom stereocenters. The molecule has 0 aliphatic rings. The van der Waals surface area contributed by atoms with Gasteiger partial charge >= 0.3 is 0 Å². The molecule has 0 radical (unpaired) electrons. The van der Waals surface area contributed by atoms with Gasteiger partial charge in [0.05, 0.1) is 23.3 Å². The van der Waals surface area contributed by atoms with Crippen molar-refractivity contribution in [2.75, 3.05) is 0 Å². The van der Waals surface area contributed by atoms with Gasteiger partial charge in [-0.05, 0) is 18.2 Å². The minimum atomic E-state index is -0.246. The molecule has 2 rings (SSSR count). The Kier molecular flexibility index (Phi) is 2.40. The predicted octanol–water partition coefficient (Wildman–Crippen LogP) is 1.57. The Morgan fingerprint density at radius 1 is 1.53 bits per heavy atom. The van der Waals surface area contributed by atoms with Gasteiger partial charge in [-0.15, -0.1) is 0 Å². The van der Waals surface area contributed by atoms with Gasteiger partial charge in [-0.25, -0.2) is 4.98 Å². The SMILES string of the molecule is N#CCn1cnc2ccc(Cl)cc2c1=O. The summed E-state index contributed by atoms with van der Waals surface area (Å²) in [5, 5.41) is 9.42.